The summed E-state index contributed by atoms with van der Waals surface area (Å²) >= 11 is 0. The van der Waals surface area contributed by atoms with E-state index in [-0.39, 0.29) is 18.1 Å². The summed E-state index contributed by atoms with van der Waals surface area (Å²) in [7, 11) is 0. The first-order valence-corrected chi connectivity index (χ1v) is 11.8. The molecule has 3 rings (SSSR count). The van der Waals surface area contributed by atoms with Crippen LogP contribution in [0.5, 0.6) is 23.0 Å². The van der Waals surface area contributed by atoms with E-state index in [1.54, 1.807) is 0 Å². The maximum absolute atomic E-state index is 12.6. The van der Waals surface area contributed by atoms with Crippen LogP contribution in [0.2, 0.25) is 0 Å². The molecule has 12 nitrogen and oxygen atoms in total. The molecule has 0 radical (unpaired) electrons. The molecule has 0 spiro atoms. The topological polar surface area (TPSA) is 200 Å². The zero-order valence-electron chi connectivity index (χ0n) is 20.8. The van der Waals surface area contributed by atoms with Crippen LogP contribution in [-0.2, 0) is 28.6 Å². The Bertz CT molecular complexity index is 1280. The third-order valence-corrected chi connectivity index (χ3v) is 5.83. The Morgan fingerprint density at radius 1 is 0.846 bits per heavy atom. The van der Waals surface area contributed by atoms with Gasteiger partial charge in [0.05, 0.1) is 12.7 Å². The monoisotopic (exact) mass is 544 g/mol. The highest BCUT2D eigenvalue weighted by atomic mass is 16.6. The van der Waals surface area contributed by atoms with Crippen LogP contribution in [0, 0.1) is 0 Å². The first-order valence-electron chi connectivity index (χ1n) is 11.8. The summed E-state index contributed by atoms with van der Waals surface area (Å²) in [5, 5.41) is 59.5. The van der Waals surface area contributed by atoms with Crippen LogP contribution >= 0.6 is 0 Å². The van der Waals surface area contributed by atoms with Gasteiger partial charge >= 0.3 is 17.9 Å². The van der Waals surface area contributed by atoms with E-state index in [4.69, 9.17) is 14.2 Å². The predicted octanol–water partition coefficient (Wildman–Crippen LogP) is 1.51. The molecule has 1 saturated carbocycles. The average molecular weight is 545 g/mol. The number of phenols is 4. The molecule has 0 heterocycles. The van der Waals surface area contributed by atoms with Crippen molar-refractivity contribution < 1.29 is 59.2 Å². The molecule has 1 fully saturated rings. The Hall–Kier alpha value is -4.55. The van der Waals surface area contributed by atoms with E-state index in [1.165, 1.54) is 55.5 Å². The summed E-state index contributed by atoms with van der Waals surface area (Å²) in [6, 6.07) is 7.63. The highest BCUT2D eigenvalue weighted by molar-refractivity contribution is 5.88. The highest BCUT2D eigenvalue weighted by Gasteiger charge is 2.53. The Morgan fingerprint density at radius 2 is 1.36 bits per heavy atom. The molecule has 0 saturated heterocycles. The fraction of sp³-hybridized carbons (Fsp3) is 0.296. The van der Waals surface area contributed by atoms with E-state index < -0.39 is 66.2 Å². The molecule has 6 N–H and O–H groups in total. The Morgan fingerprint density at radius 3 is 1.85 bits per heavy atom. The lowest BCUT2D eigenvalue weighted by Gasteiger charge is -2.41. The SMILES string of the molecule is CCOC(=O)[C@]1(O)C[C@H](OC(=O)C=Cc2ccc(O)c(O)c2)[C@@H](OC(=O)C=Cc2ccc(O)c(O)c2)[C@@H](O)C1. The second kappa shape index (κ2) is 12.3. The molecule has 0 bridgehead atoms. The molecule has 1 aliphatic rings. The number of hydrogen-bond acceptors (Lipinski definition) is 12. The Labute approximate surface area is 222 Å². The fourth-order valence-electron chi connectivity index (χ4n) is 3.92. The predicted molar refractivity (Wildman–Crippen MR) is 134 cm³/mol. The van der Waals surface area contributed by atoms with Gasteiger partial charge in [0.2, 0.25) is 0 Å². The fourth-order valence-corrected chi connectivity index (χ4v) is 3.92. The van der Waals surface area contributed by atoms with Gasteiger partial charge in [0.1, 0.15) is 6.10 Å². The van der Waals surface area contributed by atoms with Gasteiger partial charge in [-0.25, -0.2) is 14.4 Å². The number of aromatic hydroxyl groups is 4. The normalized spacial score (nSPS) is 23.0. The van der Waals surface area contributed by atoms with Gasteiger partial charge in [-0.3, -0.25) is 0 Å². The van der Waals surface area contributed by atoms with Crippen molar-refractivity contribution in [3.05, 3.63) is 59.7 Å². The van der Waals surface area contributed by atoms with Gasteiger partial charge in [-0.2, -0.15) is 0 Å². The summed E-state index contributed by atoms with van der Waals surface area (Å²) in [5.41, 5.74) is -1.55. The molecule has 39 heavy (non-hydrogen) atoms. The summed E-state index contributed by atoms with van der Waals surface area (Å²) in [4.78, 5) is 37.4. The van der Waals surface area contributed by atoms with Crippen LogP contribution in [0.15, 0.2) is 48.6 Å². The number of aliphatic hydroxyl groups excluding tert-OH is 1. The number of carbonyl (C=O) groups excluding carboxylic acids is 3. The number of benzene rings is 2. The van der Waals surface area contributed by atoms with Gasteiger partial charge in [-0.05, 0) is 54.5 Å². The van der Waals surface area contributed by atoms with E-state index in [2.05, 4.69) is 0 Å². The van der Waals surface area contributed by atoms with E-state index in [0.29, 0.717) is 11.1 Å². The van der Waals surface area contributed by atoms with Crippen molar-refractivity contribution >= 4 is 30.1 Å². The molecule has 1 aliphatic carbocycles. The maximum atomic E-state index is 12.6. The molecule has 208 valence electrons. The van der Waals surface area contributed by atoms with Crippen molar-refractivity contribution in [3.8, 4) is 23.0 Å². The summed E-state index contributed by atoms with van der Waals surface area (Å²) in [6.45, 7) is 1.47. The van der Waals surface area contributed by atoms with Crippen molar-refractivity contribution in [2.24, 2.45) is 0 Å². The standard InChI is InChI=1S/C27H28O12/c1-2-37-26(35)27(36)13-21(32)25(39-24(34)10-6-16-4-8-18(29)20(31)12-16)22(14-27)38-23(33)9-5-15-3-7-17(28)19(30)11-15/h3-12,21-22,25,28-32,36H,2,13-14H2,1H3/t21-,22-,25-,27+/m0/s1. The van der Waals surface area contributed by atoms with Gasteiger partial charge < -0.3 is 44.8 Å². The summed E-state index contributed by atoms with van der Waals surface area (Å²) in [5.74, 6) is -4.53. The molecule has 0 aromatic heterocycles. The van der Waals surface area contributed by atoms with Crippen molar-refractivity contribution in [1.82, 2.24) is 0 Å². The third-order valence-electron chi connectivity index (χ3n) is 5.83. The first-order chi connectivity index (χ1) is 18.4. The van der Waals surface area contributed by atoms with Gasteiger partial charge in [0.15, 0.2) is 34.7 Å². The van der Waals surface area contributed by atoms with Crippen LogP contribution in [0.4, 0.5) is 0 Å². The first kappa shape index (κ1) is 29.0. The van der Waals surface area contributed by atoms with Crippen LogP contribution < -0.4 is 0 Å². The van der Waals surface area contributed by atoms with E-state index >= 15 is 0 Å². The molecule has 0 amide bonds. The Balaban J connectivity index is 1.78. The molecule has 4 atom stereocenters. The van der Waals surface area contributed by atoms with Crippen LogP contribution in [0.25, 0.3) is 12.2 Å². The minimum atomic E-state index is -2.23. The smallest absolute Gasteiger partial charge is 0.338 e. The minimum absolute atomic E-state index is 0.0556. The number of aliphatic hydroxyl groups is 2. The number of esters is 3. The number of carbonyl (C=O) groups is 3. The molecule has 2 aromatic rings. The molecule has 12 heteroatoms. The van der Waals surface area contributed by atoms with Gasteiger partial charge in [-0.1, -0.05) is 12.1 Å². The number of hydrogen-bond donors (Lipinski definition) is 6. The van der Waals surface area contributed by atoms with Crippen molar-refractivity contribution in [2.75, 3.05) is 6.61 Å². The second-order valence-corrected chi connectivity index (χ2v) is 8.77. The molecule has 0 unspecified atom stereocenters. The molecular formula is C27H28O12. The lowest BCUT2D eigenvalue weighted by atomic mass is 9.79. The highest BCUT2D eigenvalue weighted by Crippen LogP contribution is 2.34. The quantitative estimate of drug-likeness (QED) is 0.121. The van der Waals surface area contributed by atoms with Gasteiger partial charge in [0.25, 0.3) is 0 Å². The van der Waals surface area contributed by atoms with Gasteiger partial charge in [-0.15, -0.1) is 0 Å². The lowest BCUT2D eigenvalue weighted by Crippen LogP contribution is -2.58. The lowest BCUT2D eigenvalue weighted by molar-refractivity contribution is -0.207. The van der Waals surface area contributed by atoms with E-state index in [0.717, 1.165) is 12.2 Å². The summed E-state index contributed by atoms with van der Waals surface area (Å²) in [6.07, 6.45) is -1.21. The van der Waals surface area contributed by atoms with Crippen LogP contribution in [-0.4, -0.2) is 79.1 Å². The zero-order valence-corrected chi connectivity index (χ0v) is 20.8. The number of ether oxygens (including phenoxy) is 3. The number of phenolic OH excluding ortho intramolecular Hbond substituents is 4. The van der Waals surface area contributed by atoms with Crippen LogP contribution in [0.3, 0.4) is 0 Å². The van der Waals surface area contributed by atoms with Gasteiger partial charge in [0, 0.05) is 25.0 Å². The average Bonchev–Trinajstić information content (AvgIpc) is 2.87. The third kappa shape index (κ3) is 7.49. The van der Waals surface area contributed by atoms with Crippen molar-refractivity contribution in [1.29, 1.82) is 0 Å². The van der Waals surface area contributed by atoms with E-state index in [1.807, 2.05) is 0 Å². The molecule has 0 aliphatic heterocycles. The van der Waals surface area contributed by atoms with Crippen molar-refractivity contribution in [3.63, 3.8) is 0 Å². The second-order valence-electron chi connectivity index (χ2n) is 8.77. The summed E-state index contributed by atoms with van der Waals surface area (Å²) < 4.78 is 15.5. The zero-order chi connectivity index (χ0) is 28.7. The Kier molecular flexibility index (Phi) is 9.17. The molecule has 2 aromatic carbocycles. The largest absolute Gasteiger partial charge is 0.504 e. The minimum Gasteiger partial charge on any atom is -0.504 e. The van der Waals surface area contributed by atoms with Crippen LogP contribution in [0.1, 0.15) is 30.9 Å². The van der Waals surface area contributed by atoms with Crippen molar-refractivity contribution in [2.45, 2.75) is 43.7 Å². The number of rotatable bonds is 8. The molecular weight excluding hydrogens is 516 g/mol. The maximum Gasteiger partial charge on any atom is 0.338 e. The van der Waals surface area contributed by atoms with E-state index in [9.17, 15) is 45.0 Å².